The Morgan fingerprint density at radius 3 is 2.52 bits per heavy atom. The van der Waals surface area contributed by atoms with Crippen LogP contribution in [0.25, 0.3) is 0 Å². The van der Waals surface area contributed by atoms with Gasteiger partial charge in [0.15, 0.2) is 5.79 Å². The third kappa shape index (κ3) is 8.05. The van der Waals surface area contributed by atoms with Gasteiger partial charge in [0.1, 0.15) is 18.5 Å². The smallest absolute Gasteiger partial charge is 0.194 e. The predicted octanol–water partition coefficient (Wildman–Crippen LogP) is 6.62. The van der Waals surface area contributed by atoms with E-state index in [0.717, 1.165) is 43.9 Å². The molecule has 42 heavy (non-hydrogen) atoms. The number of halogens is 2. The molecule has 2 aliphatic heterocycles. The molecule has 0 bridgehead atoms. The fourth-order valence-corrected chi connectivity index (χ4v) is 5.91. The maximum absolute atomic E-state index is 6.39. The van der Waals surface area contributed by atoms with Crippen molar-refractivity contribution in [1.29, 1.82) is 0 Å². The summed E-state index contributed by atoms with van der Waals surface area (Å²) in [4.78, 5) is 2.40. The molecule has 5 rings (SSSR count). The van der Waals surface area contributed by atoms with Crippen LogP contribution in [0, 0.1) is 0 Å². The van der Waals surface area contributed by atoms with Crippen LogP contribution >= 0.6 is 23.2 Å². The standard InChI is InChI=1S/C33H39Cl2N3O4/c1-3-20-39-21-15-32(25-7-5-4-6-8-25)36-38-18-16-37(17-19-38)27-10-12-28(13-11-27)40-23-29-24-41-33(2,42-29)30-14-9-26(34)22-31(30)35/h3-14,22,29,32,36H,1,15-21,23-24H2,2H3/t29-,32?,33+/m1/s1. The van der Waals surface area contributed by atoms with E-state index in [2.05, 4.69) is 64.4 Å². The van der Waals surface area contributed by atoms with Gasteiger partial charge >= 0.3 is 0 Å². The molecule has 3 aromatic carbocycles. The topological polar surface area (TPSA) is 55.4 Å². The number of nitrogens with zero attached hydrogens (tertiary/aromatic N) is 2. The van der Waals surface area contributed by atoms with Crippen molar-refractivity contribution in [3.63, 3.8) is 0 Å². The van der Waals surface area contributed by atoms with Crippen molar-refractivity contribution in [2.75, 3.05) is 57.5 Å². The lowest BCUT2D eigenvalue weighted by molar-refractivity contribution is -0.164. The lowest BCUT2D eigenvalue weighted by Crippen LogP contribution is -2.53. The third-order valence-electron chi connectivity index (χ3n) is 7.60. The van der Waals surface area contributed by atoms with Crippen molar-refractivity contribution in [2.24, 2.45) is 0 Å². The predicted molar refractivity (Wildman–Crippen MR) is 168 cm³/mol. The van der Waals surface area contributed by atoms with E-state index in [-0.39, 0.29) is 12.1 Å². The molecule has 3 atom stereocenters. The van der Waals surface area contributed by atoms with Gasteiger partial charge in [0.2, 0.25) is 0 Å². The first-order valence-electron chi connectivity index (χ1n) is 14.4. The largest absolute Gasteiger partial charge is 0.491 e. The van der Waals surface area contributed by atoms with E-state index in [9.17, 15) is 0 Å². The number of nitrogens with one attached hydrogen (secondary N) is 1. The van der Waals surface area contributed by atoms with Crippen LogP contribution in [-0.2, 0) is 20.0 Å². The second kappa shape index (κ2) is 14.7. The van der Waals surface area contributed by atoms with Gasteiger partial charge in [0.25, 0.3) is 0 Å². The van der Waals surface area contributed by atoms with Gasteiger partial charge in [-0.25, -0.2) is 10.4 Å². The van der Waals surface area contributed by atoms with Gasteiger partial charge in [-0.1, -0.05) is 65.7 Å². The van der Waals surface area contributed by atoms with Crippen LogP contribution in [0.2, 0.25) is 10.0 Å². The fraction of sp³-hybridized carbons (Fsp3) is 0.394. The molecule has 2 aliphatic rings. The lowest BCUT2D eigenvalue weighted by Gasteiger charge is -2.38. The molecule has 7 nitrogen and oxygen atoms in total. The molecule has 2 heterocycles. The highest BCUT2D eigenvalue weighted by Crippen LogP contribution is 2.38. The highest BCUT2D eigenvalue weighted by molar-refractivity contribution is 6.35. The maximum Gasteiger partial charge on any atom is 0.194 e. The van der Waals surface area contributed by atoms with Gasteiger partial charge in [-0.3, -0.25) is 0 Å². The van der Waals surface area contributed by atoms with Crippen molar-refractivity contribution >= 4 is 28.9 Å². The number of piperazine rings is 1. The molecule has 2 saturated heterocycles. The summed E-state index contributed by atoms with van der Waals surface area (Å²) in [6.07, 6.45) is 2.47. The molecule has 0 saturated carbocycles. The summed E-state index contributed by atoms with van der Waals surface area (Å²) < 4.78 is 23.9. The molecule has 0 radical (unpaired) electrons. The summed E-state index contributed by atoms with van der Waals surface area (Å²) in [7, 11) is 0. The zero-order chi connectivity index (χ0) is 29.4. The van der Waals surface area contributed by atoms with Crippen molar-refractivity contribution in [1.82, 2.24) is 10.4 Å². The molecule has 0 aliphatic carbocycles. The fourth-order valence-electron chi connectivity index (χ4n) is 5.33. The Kier molecular flexibility index (Phi) is 10.8. The highest BCUT2D eigenvalue weighted by Gasteiger charge is 2.40. The minimum Gasteiger partial charge on any atom is -0.491 e. The van der Waals surface area contributed by atoms with E-state index in [0.29, 0.717) is 36.5 Å². The van der Waals surface area contributed by atoms with Gasteiger partial charge in [0, 0.05) is 55.1 Å². The van der Waals surface area contributed by atoms with Crippen molar-refractivity contribution in [2.45, 2.75) is 31.3 Å². The van der Waals surface area contributed by atoms with E-state index >= 15 is 0 Å². The second-order valence-corrected chi connectivity index (χ2v) is 11.5. The van der Waals surface area contributed by atoms with E-state index < -0.39 is 5.79 Å². The Labute approximate surface area is 258 Å². The molecule has 1 N–H and O–H groups in total. The molecule has 1 unspecified atom stereocenters. The average Bonchev–Trinajstić information content (AvgIpc) is 3.40. The number of ether oxygens (including phenoxy) is 4. The monoisotopic (exact) mass is 611 g/mol. The molecule has 0 aromatic heterocycles. The van der Waals surface area contributed by atoms with E-state index in [4.69, 9.17) is 42.1 Å². The Bertz CT molecular complexity index is 1290. The second-order valence-electron chi connectivity index (χ2n) is 10.6. The number of benzene rings is 3. The van der Waals surface area contributed by atoms with Gasteiger partial charge < -0.3 is 23.8 Å². The molecular weight excluding hydrogens is 573 g/mol. The first-order valence-corrected chi connectivity index (χ1v) is 15.2. The lowest BCUT2D eigenvalue weighted by atomic mass is 10.0. The summed E-state index contributed by atoms with van der Waals surface area (Å²) >= 11 is 12.4. The SMILES string of the molecule is C=CCOCCC(NN1CCN(c2ccc(OC[C@@H]3CO[C@](C)(c4ccc(Cl)cc4Cl)O3)cc2)CC1)c1ccccc1. The molecule has 224 valence electrons. The van der Waals surface area contributed by atoms with Gasteiger partial charge in [0.05, 0.1) is 18.2 Å². The highest BCUT2D eigenvalue weighted by atomic mass is 35.5. The molecular formula is C33H39Cl2N3O4. The van der Waals surface area contributed by atoms with E-state index in [1.165, 1.54) is 11.3 Å². The maximum atomic E-state index is 6.39. The summed E-state index contributed by atoms with van der Waals surface area (Å²) in [5.74, 6) is -0.137. The van der Waals surface area contributed by atoms with Gasteiger partial charge in [-0.2, -0.15) is 0 Å². The normalized spacial score (nSPS) is 21.8. The van der Waals surface area contributed by atoms with E-state index in [1.807, 2.05) is 25.1 Å². The van der Waals surface area contributed by atoms with Crippen LogP contribution in [-0.4, -0.2) is 63.7 Å². The minimum absolute atomic E-state index is 0.203. The van der Waals surface area contributed by atoms with Crippen LogP contribution < -0.4 is 15.1 Å². The van der Waals surface area contributed by atoms with Crippen molar-refractivity contribution < 1.29 is 18.9 Å². The van der Waals surface area contributed by atoms with Crippen molar-refractivity contribution in [3.05, 3.63) is 107 Å². The number of hydrogen-bond donors (Lipinski definition) is 1. The molecule has 9 heteroatoms. The van der Waals surface area contributed by atoms with Crippen LogP contribution in [0.4, 0.5) is 5.69 Å². The Balaban J connectivity index is 1.08. The zero-order valence-electron chi connectivity index (χ0n) is 24.0. The van der Waals surface area contributed by atoms with Crippen molar-refractivity contribution in [3.8, 4) is 5.75 Å². The first kappa shape index (κ1) is 30.8. The zero-order valence-corrected chi connectivity index (χ0v) is 25.5. The number of hydrazine groups is 1. The first-order chi connectivity index (χ1) is 20.4. The summed E-state index contributed by atoms with van der Waals surface area (Å²) in [5.41, 5.74) is 6.95. The number of hydrogen-bond acceptors (Lipinski definition) is 7. The quantitative estimate of drug-likeness (QED) is 0.172. The van der Waals surface area contributed by atoms with Crippen LogP contribution in [0.15, 0.2) is 85.5 Å². The molecule has 0 amide bonds. The molecule has 2 fully saturated rings. The van der Waals surface area contributed by atoms with Crippen LogP contribution in [0.1, 0.15) is 30.5 Å². The molecule has 3 aromatic rings. The van der Waals surface area contributed by atoms with Crippen LogP contribution in [0.5, 0.6) is 5.75 Å². The Morgan fingerprint density at radius 1 is 1.05 bits per heavy atom. The average molecular weight is 613 g/mol. The Hall–Kier alpha value is -2.62. The summed E-state index contributed by atoms with van der Waals surface area (Å²) in [5, 5.41) is 3.42. The van der Waals surface area contributed by atoms with Gasteiger partial charge in [-0.15, -0.1) is 6.58 Å². The minimum atomic E-state index is -0.934. The summed E-state index contributed by atoms with van der Waals surface area (Å²) in [6.45, 7) is 11.4. The van der Waals surface area contributed by atoms with E-state index in [1.54, 1.807) is 18.2 Å². The van der Waals surface area contributed by atoms with Crippen LogP contribution in [0.3, 0.4) is 0 Å². The molecule has 0 spiro atoms. The third-order valence-corrected chi connectivity index (χ3v) is 8.15. The van der Waals surface area contributed by atoms with Gasteiger partial charge in [-0.05, 0) is 55.3 Å². The summed E-state index contributed by atoms with van der Waals surface area (Å²) in [6, 6.07) is 24.3. The number of anilines is 1. The number of rotatable bonds is 13. The Morgan fingerprint density at radius 2 is 1.81 bits per heavy atom.